The molecule has 1 aromatic rings. The average molecular weight is 806 g/mol. The van der Waals surface area contributed by atoms with Crippen molar-refractivity contribution in [2.75, 3.05) is 27.8 Å². The quantitative estimate of drug-likeness (QED) is 0.201. The summed E-state index contributed by atoms with van der Waals surface area (Å²) in [6.07, 6.45) is -3.33. The van der Waals surface area contributed by atoms with Gasteiger partial charge >= 0.3 is 11.9 Å². The van der Waals surface area contributed by atoms with Gasteiger partial charge in [-0.3, -0.25) is 9.59 Å². The minimum Gasteiger partial charge on any atom is -0.459 e. The summed E-state index contributed by atoms with van der Waals surface area (Å²) < 4.78 is 38.3. The molecule has 0 aromatic heterocycles. The number of aliphatic hydroxyl groups excluding tert-OH is 1. The number of aliphatic hydroxyl groups is 2. The van der Waals surface area contributed by atoms with Crippen LogP contribution >= 0.6 is 0 Å². The SMILES string of the molecule is CC[C@H]1OC(=O)[C@H](C)[C@@H](O)[C@H](C)[C@@H](OC2O[C@H](C)C[C@H](N(C)C)[C@H]2OC(=O)c2ccccc2)[C@@](C)(OC)C[C@@H](C)C(=O)/C(C)=C/[C@@]1(O)CO[Si](C)(C)C(C)(C)C. The second-order valence-electron chi connectivity index (χ2n) is 18.2. The van der Waals surface area contributed by atoms with Crippen molar-refractivity contribution in [2.45, 2.75) is 161 Å². The maximum atomic E-state index is 14.2. The highest BCUT2D eigenvalue weighted by molar-refractivity contribution is 6.74. The Kier molecular flexibility index (Phi) is 16.3. The van der Waals surface area contributed by atoms with Gasteiger partial charge in [-0.05, 0) is 103 Å². The zero-order valence-electron chi connectivity index (χ0n) is 36.6. The molecule has 2 heterocycles. The first-order valence-electron chi connectivity index (χ1n) is 20.1. The predicted molar refractivity (Wildman–Crippen MR) is 218 cm³/mol. The molecule has 0 spiro atoms. The largest absolute Gasteiger partial charge is 0.459 e. The lowest BCUT2D eigenvalue weighted by Gasteiger charge is -2.48. The van der Waals surface area contributed by atoms with Gasteiger partial charge < -0.3 is 43.2 Å². The number of hydrogen-bond donors (Lipinski definition) is 2. The molecule has 1 saturated heterocycles. The number of carbonyl (C=O) groups is 3. The van der Waals surface area contributed by atoms with Gasteiger partial charge in [-0.2, -0.15) is 0 Å². The molecule has 0 bridgehead atoms. The van der Waals surface area contributed by atoms with Gasteiger partial charge in [-0.1, -0.05) is 59.7 Å². The van der Waals surface area contributed by atoms with E-state index in [-0.39, 0.29) is 48.0 Å². The molecule has 13 heteroatoms. The van der Waals surface area contributed by atoms with Gasteiger partial charge in [0, 0.05) is 18.9 Å². The van der Waals surface area contributed by atoms with Crippen LogP contribution in [0.25, 0.3) is 0 Å². The van der Waals surface area contributed by atoms with E-state index in [1.807, 2.05) is 32.0 Å². The van der Waals surface area contributed by atoms with Crippen LogP contribution in [0.3, 0.4) is 0 Å². The van der Waals surface area contributed by atoms with Crippen LogP contribution in [0.1, 0.15) is 98.9 Å². The Balaban J connectivity index is 2.14. The van der Waals surface area contributed by atoms with E-state index in [1.165, 1.54) is 13.2 Å². The van der Waals surface area contributed by atoms with Crippen molar-refractivity contribution in [1.29, 1.82) is 0 Å². The van der Waals surface area contributed by atoms with Crippen LogP contribution in [0.2, 0.25) is 18.1 Å². The van der Waals surface area contributed by atoms with E-state index in [0.29, 0.717) is 12.0 Å². The zero-order chi connectivity index (χ0) is 42.6. The molecule has 3 rings (SSSR count). The minimum absolute atomic E-state index is 0.137. The highest BCUT2D eigenvalue weighted by Gasteiger charge is 2.51. The normalized spacial score (nSPS) is 36.6. The van der Waals surface area contributed by atoms with E-state index in [4.69, 9.17) is 28.1 Å². The number of nitrogens with zero attached hydrogens (tertiary/aromatic N) is 1. The molecule has 1 unspecified atom stereocenters. The summed E-state index contributed by atoms with van der Waals surface area (Å²) in [5.74, 6) is -4.05. The summed E-state index contributed by atoms with van der Waals surface area (Å²) in [6, 6.07) is 8.38. The molecule has 12 nitrogen and oxygen atoms in total. The molecule has 2 aliphatic heterocycles. The van der Waals surface area contributed by atoms with Crippen LogP contribution in [-0.4, -0.2) is 123 Å². The van der Waals surface area contributed by atoms with Crippen molar-refractivity contribution in [1.82, 2.24) is 4.90 Å². The van der Waals surface area contributed by atoms with Crippen molar-refractivity contribution in [3.63, 3.8) is 0 Å². The Morgan fingerprint density at radius 1 is 1.07 bits per heavy atom. The summed E-state index contributed by atoms with van der Waals surface area (Å²) in [6.45, 7) is 22.5. The molecule has 0 saturated carbocycles. The number of cyclic esters (lactones) is 1. The molecule has 1 aromatic carbocycles. The Morgan fingerprint density at radius 3 is 2.21 bits per heavy atom. The van der Waals surface area contributed by atoms with Crippen LogP contribution in [0.15, 0.2) is 42.0 Å². The fourth-order valence-electron chi connectivity index (χ4n) is 7.65. The second-order valence-corrected chi connectivity index (χ2v) is 23.0. The lowest BCUT2D eigenvalue weighted by Crippen LogP contribution is -2.60. The summed E-state index contributed by atoms with van der Waals surface area (Å²) >= 11 is 0. The monoisotopic (exact) mass is 805 g/mol. The molecule has 12 atom stereocenters. The Hall–Kier alpha value is -2.49. The number of rotatable bonds is 10. The third-order valence-electron chi connectivity index (χ3n) is 12.4. The molecular formula is C43H71NO11Si. The third kappa shape index (κ3) is 11.2. The number of Topliss-reactive ketones (excluding diaryl/α,β-unsaturated/α-hetero) is 1. The molecular weight excluding hydrogens is 735 g/mol. The minimum atomic E-state index is -2.39. The van der Waals surface area contributed by atoms with Crippen LogP contribution in [-0.2, 0) is 37.7 Å². The molecule has 0 aliphatic carbocycles. The highest BCUT2D eigenvalue weighted by Crippen LogP contribution is 2.40. The third-order valence-corrected chi connectivity index (χ3v) is 16.9. The molecule has 318 valence electrons. The number of methoxy groups -OCH3 is 1. The topological polar surface area (TPSA) is 150 Å². The predicted octanol–water partition coefficient (Wildman–Crippen LogP) is 6.33. The zero-order valence-corrected chi connectivity index (χ0v) is 37.6. The lowest BCUT2D eigenvalue weighted by atomic mass is 9.76. The first kappa shape index (κ1) is 47.9. The molecule has 1 fully saturated rings. The van der Waals surface area contributed by atoms with Gasteiger partial charge in [0.15, 0.2) is 26.5 Å². The molecule has 56 heavy (non-hydrogen) atoms. The van der Waals surface area contributed by atoms with E-state index >= 15 is 0 Å². The van der Waals surface area contributed by atoms with Gasteiger partial charge in [0.25, 0.3) is 0 Å². The fraction of sp³-hybridized carbons (Fsp3) is 0.744. The lowest BCUT2D eigenvalue weighted by molar-refractivity contribution is -0.300. The summed E-state index contributed by atoms with van der Waals surface area (Å²) in [5.41, 5.74) is -2.42. The van der Waals surface area contributed by atoms with Gasteiger partial charge in [0.2, 0.25) is 0 Å². The number of ketones is 1. The number of likely N-dealkylation sites (N-methyl/N-ethyl adjacent to an activating group) is 1. The van der Waals surface area contributed by atoms with Crippen molar-refractivity contribution in [3.8, 4) is 0 Å². The number of esters is 2. The number of carbonyl (C=O) groups excluding carboxylic acids is 3. The number of hydrogen-bond acceptors (Lipinski definition) is 12. The van der Waals surface area contributed by atoms with E-state index in [0.717, 1.165) is 0 Å². The molecule has 2 aliphatic rings. The Labute approximate surface area is 336 Å². The summed E-state index contributed by atoms with van der Waals surface area (Å²) in [5, 5.41) is 24.2. The van der Waals surface area contributed by atoms with Gasteiger partial charge in [0.1, 0.15) is 11.7 Å². The van der Waals surface area contributed by atoms with Crippen LogP contribution in [0.4, 0.5) is 0 Å². The van der Waals surface area contributed by atoms with E-state index in [9.17, 15) is 24.6 Å². The van der Waals surface area contributed by atoms with Crippen molar-refractivity contribution in [3.05, 3.63) is 47.5 Å². The second kappa shape index (κ2) is 19.1. The Morgan fingerprint density at radius 2 is 1.68 bits per heavy atom. The smallest absolute Gasteiger partial charge is 0.338 e. The van der Waals surface area contributed by atoms with E-state index < -0.39 is 79.9 Å². The van der Waals surface area contributed by atoms with Crippen molar-refractivity contribution < 1.29 is 52.7 Å². The van der Waals surface area contributed by atoms with Crippen LogP contribution in [0, 0.1) is 17.8 Å². The molecule has 0 radical (unpaired) electrons. The van der Waals surface area contributed by atoms with Gasteiger partial charge in [-0.25, -0.2) is 4.79 Å². The van der Waals surface area contributed by atoms with E-state index in [1.54, 1.807) is 65.8 Å². The van der Waals surface area contributed by atoms with Crippen LogP contribution in [0.5, 0.6) is 0 Å². The summed E-state index contributed by atoms with van der Waals surface area (Å²) in [4.78, 5) is 43.7. The van der Waals surface area contributed by atoms with Crippen molar-refractivity contribution in [2.24, 2.45) is 17.8 Å². The van der Waals surface area contributed by atoms with Crippen LogP contribution < -0.4 is 0 Å². The van der Waals surface area contributed by atoms with Gasteiger partial charge in [-0.15, -0.1) is 0 Å². The number of allylic oxidation sites excluding steroid dienone is 1. The first-order valence-corrected chi connectivity index (χ1v) is 23.0. The molecule has 2 N–H and O–H groups in total. The highest BCUT2D eigenvalue weighted by atomic mass is 28.4. The molecule has 0 amide bonds. The van der Waals surface area contributed by atoms with Crippen molar-refractivity contribution >= 4 is 26.0 Å². The van der Waals surface area contributed by atoms with E-state index in [2.05, 4.69) is 33.9 Å². The number of benzene rings is 1. The Bertz CT molecular complexity index is 1510. The number of ether oxygens (including phenoxy) is 5. The fourth-order valence-corrected chi connectivity index (χ4v) is 8.68. The standard InChI is InChI=1S/C43H71NO11Si/c1-16-33-43(49,25-51-56(14,15)41(7,8)9)24-27(3)34(45)26(2)23-42(10,50-13)37(29(5)35(46)30(6)38(47)53-33)55-40-36(32(44(11)12)22-28(4)52-40)54-39(48)31-20-18-17-19-21-31/h17-21,24,26,28-30,32-33,35-37,40,46,49H,16,22-23,25H2,1-15H3/b27-24+/t26-,28-,29+,30-,32+,33-,35+,36-,37-,40?,42+,43-/m1/s1. The first-order chi connectivity index (χ1) is 25.8. The van der Waals surface area contributed by atoms with Gasteiger partial charge in [0.05, 0.1) is 48.0 Å². The maximum Gasteiger partial charge on any atom is 0.338 e. The summed E-state index contributed by atoms with van der Waals surface area (Å²) in [7, 11) is 2.92. The average Bonchev–Trinajstić information content (AvgIpc) is 3.13. The maximum absolute atomic E-state index is 14.2.